The fourth-order valence-electron chi connectivity index (χ4n) is 1.37. The maximum atomic E-state index is 11.5. The average molecular weight is 252 g/mol. The highest BCUT2D eigenvalue weighted by molar-refractivity contribution is 5.85. The van der Waals surface area contributed by atoms with Gasteiger partial charge < -0.3 is 10.4 Å². The van der Waals surface area contributed by atoms with Crippen molar-refractivity contribution in [3.05, 3.63) is 39.9 Å². The maximum absolute atomic E-state index is 11.5. The molecule has 0 aliphatic heterocycles. The Hall–Kier alpha value is -2.44. The summed E-state index contributed by atoms with van der Waals surface area (Å²) in [6, 6.07) is 4.81. The first-order valence-corrected chi connectivity index (χ1v) is 5.16. The molecule has 18 heavy (non-hydrogen) atoms. The molecule has 0 spiro atoms. The van der Waals surface area contributed by atoms with Crippen molar-refractivity contribution in [2.24, 2.45) is 0 Å². The Morgan fingerprint density at radius 2 is 2.06 bits per heavy atom. The molecule has 7 heteroatoms. The number of nitro benzene ring substituents is 1. The highest BCUT2D eigenvalue weighted by Gasteiger charge is 2.18. The zero-order valence-corrected chi connectivity index (χ0v) is 9.62. The average Bonchev–Trinajstić information content (AvgIpc) is 2.28. The first kappa shape index (κ1) is 13.6. The lowest BCUT2D eigenvalue weighted by Gasteiger charge is -2.09. The molecule has 0 radical (unpaired) electrons. The van der Waals surface area contributed by atoms with Crippen molar-refractivity contribution in [2.45, 2.75) is 19.4 Å². The van der Waals surface area contributed by atoms with Crippen LogP contribution < -0.4 is 5.32 Å². The van der Waals surface area contributed by atoms with Crippen molar-refractivity contribution < 1.29 is 19.6 Å². The number of nitrogens with zero attached hydrogens (tertiary/aromatic N) is 1. The van der Waals surface area contributed by atoms with Crippen LogP contribution in [0.5, 0.6) is 0 Å². The molecule has 1 aromatic rings. The summed E-state index contributed by atoms with van der Waals surface area (Å²) in [4.78, 5) is 32.2. The first-order chi connectivity index (χ1) is 8.41. The second-order valence-electron chi connectivity index (χ2n) is 3.69. The topological polar surface area (TPSA) is 110 Å². The quantitative estimate of drug-likeness (QED) is 0.592. The van der Waals surface area contributed by atoms with Gasteiger partial charge >= 0.3 is 5.97 Å². The van der Waals surface area contributed by atoms with E-state index in [4.69, 9.17) is 5.11 Å². The molecule has 0 heterocycles. The monoisotopic (exact) mass is 252 g/mol. The number of hydrogen-bond acceptors (Lipinski definition) is 4. The van der Waals surface area contributed by atoms with E-state index in [0.717, 1.165) is 0 Å². The molecule has 96 valence electrons. The third-order valence-electron chi connectivity index (χ3n) is 2.29. The third-order valence-corrected chi connectivity index (χ3v) is 2.29. The van der Waals surface area contributed by atoms with Crippen LogP contribution in [0, 0.1) is 10.1 Å². The highest BCUT2D eigenvalue weighted by atomic mass is 16.6. The summed E-state index contributed by atoms with van der Waals surface area (Å²) in [5.74, 6) is -1.73. The lowest BCUT2D eigenvalue weighted by molar-refractivity contribution is -0.385. The second-order valence-corrected chi connectivity index (χ2v) is 3.69. The van der Waals surface area contributed by atoms with E-state index < -0.39 is 22.8 Å². The Labute approximate surface area is 103 Å². The molecular formula is C11H12N2O5. The summed E-state index contributed by atoms with van der Waals surface area (Å²) in [7, 11) is 0. The van der Waals surface area contributed by atoms with Gasteiger partial charge in [-0.1, -0.05) is 18.2 Å². The second kappa shape index (κ2) is 5.76. The number of carbonyl (C=O) groups is 2. The van der Waals surface area contributed by atoms with Gasteiger partial charge in [0.25, 0.3) is 5.69 Å². The standard InChI is InChI=1S/C11H12N2O5/c1-7(11(15)16)12-10(14)6-8-4-2-3-5-9(8)13(17)18/h2-5,7H,6H2,1H3,(H,12,14)(H,15,16). The summed E-state index contributed by atoms with van der Waals surface area (Å²) < 4.78 is 0. The highest BCUT2D eigenvalue weighted by Crippen LogP contribution is 2.17. The third kappa shape index (κ3) is 3.55. The number of amides is 1. The number of carbonyl (C=O) groups excluding carboxylic acids is 1. The number of para-hydroxylation sites is 1. The van der Waals surface area contributed by atoms with Crippen LogP contribution in [-0.2, 0) is 16.0 Å². The number of hydrogen-bond donors (Lipinski definition) is 2. The fraction of sp³-hybridized carbons (Fsp3) is 0.273. The Balaban J connectivity index is 2.76. The largest absolute Gasteiger partial charge is 0.480 e. The first-order valence-electron chi connectivity index (χ1n) is 5.16. The van der Waals surface area contributed by atoms with Gasteiger partial charge in [0.1, 0.15) is 6.04 Å². The van der Waals surface area contributed by atoms with Gasteiger partial charge in [0.05, 0.1) is 11.3 Å². The van der Waals surface area contributed by atoms with Gasteiger partial charge in [0.15, 0.2) is 0 Å². The van der Waals surface area contributed by atoms with Gasteiger partial charge in [-0.3, -0.25) is 19.7 Å². The number of rotatable bonds is 5. The van der Waals surface area contributed by atoms with Gasteiger partial charge in [-0.2, -0.15) is 0 Å². The maximum Gasteiger partial charge on any atom is 0.325 e. The molecule has 0 fully saturated rings. The molecule has 2 N–H and O–H groups in total. The zero-order chi connectivity index (χ0) is 13.7. The van der Waals surface area contributed by atoms with Gasteiger partial charge in [0, 0.05) is 11.6 Å². The summed E-state index contributed by atoms with van der Waals surface area (Å²) in [6.07, 6.45) is -0.227. The van der Waals surface area contributed by atoms with Crippen LogP contribution in [0.25, 0.3) is 0 Å². The van der Waals surface area contributed by atoms with Crippen LogP contribution in [0.4, 0.5) is 5.69 Å². The Bertz CT molecular complexity index is 486. The van der Waals surface area contributed by atoms with Crippen LogP contribution in [-0.4, -0.2) is 27.9 Å². The van der Waals surface area contributed by atoms with E-state index >= 15 is 0 Å². The molecular weight excluding hydrogens is 240 g/mol. The Morgan fingerprint density at radius 3 is 2.61 bits per heavy atom. The Morgan fingerprint density at radius 1 is 1.44 bits per heavy atom. The molecule has 1 unspecified atom stereocenters. The van der Waals surface area contributed by atoms with Crippen molar-refractivity contribution in [2.75, 3.05) is 0 Å². The molecule has 0 bridgehead atoms. The fourth-order valence-corrected chi connectivity index (χ4v) is 1.37. The van der Waals surface area contributed by atoms with Crippen LogP contribution in [0.2, 0.25) is 0 Å². The molecule has 0 aromatic heterocycles. The van der Waals surface area contributed by atoms with Crippen LogP contribution in [0.3, 0.4) is 0 Å². The van der Waals surface area contributed by atoms with Gasteiger partial charge in [0.2, 0.25) is 5.91 Å². The lowest BCUT2D eigenvalue weighted by Crippen LogP contribution is -2.39. The number of carboxylic acid groups (broad SMARTS) is 1. The van der Waals surface area contributed by atoms with Crippen molar-refractivity contribution in [1.82, 2.24) is 5.32 Å². The molecule has 7 nitrogen and oxygen atoms in total. The van der Waals surface area contributed by atoms with Crippen molar-refractivity contribution in [3.63, 3.8) is 0 Å². The minimum atomic E-state index is -1.16. The molecule has 1 aromatic carbocycles. The lowest BCUT2D eigenvalue weighted by atomic mass is 10.1. The summed E-state index contributed by atoms with van der Waals surface area (Å²) in [6.45, 7) is 1.32. The molecule has 0 saturated heterocycles. The summed E-state index contributed by atoms with van der Waals surface area (Å²) >= 11 is 0. The van der Waals surface area contributed by atoms with E-state index in [1.54, 1.807) is 6.07 Å². The smallest absolute Gasteiger partial charge is 0.325 e. The van der Waals surface area contributed by atoms with Crippen LogP contribution in [0.1, 0.15) is 12.5 Å². The molecule has 1 rings (SSSR count). The van der Waals surface area contributed by atoms with E-state index in [-0.39, 0.29) is 17.7 Å². The predicted molar refractivity (Wildman–Crippen MR) is 62.0 cm³/mol. The minimum absolute atomic E-state index is 0.157. The molecule has 1 atom stereocenters. The molecule has 1 amide bonds. The van der Waals surface area contributed by atoms with Gasteiger partial charge in [-0.05, 0) is 6.92 Å². The summed E-state index contributed by atoms with van der Waals surface area (Å²) in [5.41, 5.74) is 0.0909. The van der Waals surface area contributed by atoms with E-state index in [1.807, 2.05) is 0 Å². The number of benzene rings is 1. The number of nitro groups is 1. The van der Waals surface area contributed by atoms with E-state index in [9.17, 15) is 19.7 Å². The normalized spacial score (nSPS) is 11.6. The summed E-state index contributed by atoms with van der Waals surface area (Å²) in [5, 5.41) is 21.6. The van der Waals surface area contributed by atoms with Crippen molar-refractivity contribution in [1.29, 1.82) is 0 Å². The number of carboxylic acids is 1. The van der Waals surface area contributed by atoms with Crippen molar-refractivity contribution >= 4 is 17.6 Å². The molecule has 0 saturated carbocycles. The van der Waals surface area contributed by atoms with Gasteiger partial charge in [-0.15, -0.1) is 0 Å². The van der Waals surface area contributed by atoms with E-state index in [2.05, 4.69) is 5.32 Å². The van der Waals surface area contributed by atoms with Crippen LogP contribution in [0.15, 0.2) is 24.3 Å². The van der Waals surface area contributed by atoms with Crippen LogP contribution >= 0.6 is 0 Å². The number of aliphatic carboxylic acids is 1. The Kier molecular flexibility index (Phi) is 4.36. The van der Waals surface area contributed by atoms with Gasteiger partial charge in [-0.25, -0.2) is 0 Å². The minimum Gasteiger partial charge on any atom is -0.480 e. The predicted octanol–water partition coefficient (Wildman–Crippen LogP) is 0.727. The number of nitrogens with one attached hydrogen (secondary N) is 1. The van der Waals surface area contributed by atoms with E-state index in [0.29, 0.717) is 0 Å². The van der Waals surface area contributed by atoms with Crippen molar-refractivity contribution in [3.8, 4) is 0 Å². The molecule has 0 aliphatic rings. The van der Waals surface area contributed by atoms with E-state index in [1.165, 1.54) is 25.1 Å². The zero-order valence-electron chi connectivity index (χ0n) is 9.62. The molecule has 0 aliphatic carbocycles. The SMILES string of the molecule is CC(NC(=O)Cc1ccccc1[N+](=O)[O-])C(=O)O.